The summed E-state index contributed by atoms with van der Waals surface area (Å²) in [5, 5.41) is 12.7. The number of morpholine rings is 1. The number of hydrogen-bond acceptors (Lipinski definition) is 7. The number of aliphatic hydroxyl groups excluding tert-OH is 1. The van der Waals surface area contributed by atoms with E-state index in [-0.39, 0.29) is 5.78 Å². The smallest absolute Gasteiger partial charge is 0.227 e. The molecule has 0 aliphatic carbocycles. The van der Waals surface area contributed by atoms with Gasteiger partial charge in [0.2, 0.25) is 5.95 Å². The van der Waals surface area contributed by atoms with Crippen LogP contribution in [-0.2, 0) is 4.74 Å². The Kier molecular flexibility index (Phi) is 6.02. The van der Waals surface area contributed by atoms with E-state index in [2.05, 4.69) is 32.3 Å². The zero-order valence-electron chi connectivity index (χ0n) is 16.8. The zero-order chi connectivity index (χ0) is 20.9. The molecule has 1 atom stereocenters. The summed E-state index contributed by atoms with van der Waals surface area (Å²) >= 11 is 0. The minimum atomic E-state index is -1.01. The number of carbonyl (C=O) groups excluding carboxylic acids is 1. The number of aromatic nitrogens is 2. The van der Waals surface area contributed by atoms with Gasteiger partial charge in [0.1, 0.15) is 6.10 Å². The van der Waals surface area contributed by atoms with Crippen LogP contribution in [0.15, 0.2) is 60.8 Å². The van der Waals surface area contributed by atoms with Crippen molar-refractivity contribution in [3.05, 3.63) is 66.4 Å². The van der Waals surface area contributed by atoms with E-state index in [1.807, 2.05) is 30.3 Å². The van der Waals surface area contributed by atoms with Crippen molar-refractivity contribution in [2.24, 2.45) is 0 Å². The van der Waals surface area contributed by atoms with Gasteiger partial charge in [0, 0.05) is 41.8 Å². The van der Waals surface area contributed by atoms with Gasteiger partial charge in [-0.1, -0.05) is 24.3 Å². The summed E-state index contributed by atoms with van der Waals surface area (Å²) in [6.45, 7) is 4.79. The second-order valence-electron chi connectivity index (χ2n) is 7.15. The number of aliphatic hydroxyl groups is 1. The number of Topliss-reactive ketones (excluding diaryl/α,β-unsaturated/α-hetero) is 1. The fourth-order valence-electron chi connectivity index (χ4n) is 3.33. The third-order valence-electron chi connectivity index (χ3n) is 5.00. The number of nitrogens with zero attached hydrogens (tertiary/aromatic N) is 3. The molecule has 1 aliphatic rings. The SMILES string of the molecule is CC(O)C(=O)c1ccc(-c2ccnc(Nc3ccc(N4CCOCC4)cc3)n2)cc1. The number of ether oxygens (including phenoxy) is 1. The molecule has 1 saturated heterocycles. The highest BCUT2D eigenvalue weighted by Crippen LogP contribution is 2.23. The number of ketones is 1. The molecule has 154 valence electrons. The van der Waals surface area contributed by atoms with Crippen molar-refractivity contribution >= 4 is 23.1 Å². The van der Waals surface area contributed by atoms with Crippen LogP contribution in [-0.4, -0.2) is 53.3 Å². The molecule has 1 aromatic heterocycles. The molecule has 3 aromatic rings. The van der Waals surface area contributed by atoms with Crippen molar-refractivity contribution in [2.75, 3.05) is 36.5 Å². The predicted octanol–water partition coefficient (Wildman–Crippen LogP) is 3.29. The minimum Gasteiger partial charge on any atom is -0.385 e. The van der Waals surface area contributed by atoms with Crippen LogP contribution in [0, 0.1) is 0 Å². The van der Waals surface area contributed by atoms with Gasteiger partial charge in [0.25, 0.3) is 0 Å². The Balaban J connectivity index is 1.46. The van der Waals surface area contributed by atoms with E-state index in [9.17, 15) is 9.90 Å². The Morgan fingerprint density at radius 2 is 1.77 bits per heavy atom. The third kappa shape index (κ3) is 4.64. The van der Waals surface area contributed by atoms with Crippen LogP contribution in [0.5, 0.6) is 0 Å². The molecule has 0 saturated carbocycles. The van der Waals surface area contributed by atoms with Gasteiger partial charge in [-0.05, 0) is 37.3 Å². The van der Waals surface area contributed by atoms with Gasteiger partial charge in [0.05, 0.1) is 18.9 Å². The first-order valence-corrected chi connectivity index (χ1v) is 9.96. The van der Waals surface area contributed by atoms with Gasteiger partial charge in [-0.2, -0.15) is 0 Å². The van der Waals surface area contributed by atoms with Crippen molar-refractivity contribution in [1.29, 1.82) is 0 Å². The largest absolute Gasteiger partial charge is 0.385 e. The first-order chi connectivity index (χ1) is 14.6. The lowest BCUT2D eigenvalue weighted by atomic mass is 10.0. The number of hydrogen-bond donors (Lipinski definition) is 2. The molecular weight excluding hydrogens is 380 g/mol. The number of rotatable bonds is 6. The third-order valence-corrected chi connectivity index (χ3v) is 5.00. The van der Waals surface area contributed by atoms with Gasteiger partial charge in [0.15, 0.2) is 5.78 Å². The maximum atomic E-state index is 11.9. The van der Waals surface area contributed by atoms with Crippen molar-refractivity contribution in [3.8, 4) is 11.3 Å². The molecule has 0 bridgehead atoms. The standard InChI is InChI=1S/C23H24N4O3/c1-16(28)22(29)18-4-2-17(3-5-18)21-10-11-24-23(26-21)25-19-6-8-20(9-7-19)27-12-14-30-15-13-27/h2-11,16,28H,12-15H2,1H3,(H,24,25,26). The summed E-state index contributed by atoms with van der Waals surface area (Å²) in [5.74, 6) is 0.197. The van der Waals surface area contributed by atoms with Crippen molar-refractivity contribution in [3.63, 3.8) is 0 Å². The van der Waals surface area contributed by atoms with Crippen molar-refractivity contribution in [2.45, 2.75) is 13.0 Å². The Hall–Kier alpha value is -3.29. The highest BCUT2D eigenvalue weighted by Gasteiger charge is 2.13. The van der Waals surface area contributed by atoms with Crippen LogP contribution < -0.4 is 10.2 Å². The lowest BCUT2D eigenvalue weighted by Gasteiger charge is -2.28. The van der Waals surface area contributed by atoms with E-state index >= 15 is 0 Å². The second-order valence-corrected chi connectivity index (χ2v) is 7.15. The van der Waals surface area contributed by atoms with Gasteiger partial charge >= 0.3 is 0 Å². The molecule has 2 N–H and O–H groups in total. The van der Waals surface area contributed by atoms with Crippen LogP contribution in [0.2, 0.25) is 0 Å². The summed E-state index contributed by atoms with van der Waals surface area (Å²) in [7, 11) is 0. The molecule has 4 rings (SSSR count). The summed E-state index contributed by atoms with van der Waals surface area (Å²) in [5.41, 5.74) is 4.16. The van der Waals surface area contributed by atoms with Gasteiger partial charge in [-0.3, -0.25) is 4.79 Å². The predicted molar refractivity (Wildman–Crippen MR) is 116 cm³/mol. The van der Waals surface area contributed by atoms with E-state index < -0.39 is 6.10 Å². The quantitative estimate of drug-likeness (QED) is 0.610. The molecule has 0 amide bonds. The Morgan fingerprint density at radius 1 is 1.07 bits per heavy atom. The Labute approximate surface area is 175 Å². The molecule has 2 aromatic carbocycles. The van der Waals surface area contributed by atoms with Crippen LogP contribution in [0.1, 0.15) is 17.3 Å². The molecule has 0 radical (unpaired) electrons. The molecule has 7 nitrogen and oxygen atoms in total. The minimum absolute atomic E-state index is 0.299. The molecule has 1 unspecified atom stereocenters. The fraction of sp³-hybridized carbons (Fsp3) is 0.261. The summed E-state index contributed by atoms with van der Waals surface area (Å²) in [6.07, 6.45) is 0.682. The lowest BCUT2D eigenvalue weighted by Crippen LogP contribution is -2.36. The van der Waals surface area contributed by atoms with E-state index in [4.69, 9.17) is 4.74 Å². The fourth-order valence-corrected chi connectivity index (χ4v) is 3.33. The number of benzene rings is 2. The molecule has 2 heterocycles. The molecule has 30 heavy (non-hydrogen) atoms. The first-order valence-electron chi connectivity index (χ1n) is 9.96. The van der Waals surface area contributed by atoms with Crippen molar-refractivity contribution in [1.82, 2.24) is 9.97 Å². The molecule has 0 spiro atoms. The van der Waals surface area contributed by atoms with E-state index in [1.165, 1.54) is 12.6 Å². The highest BCUT2D eigenvalue weighted by atomic mass is 16.5. The monoisotopic (exact) mass is 404 g/mol. The maximum Gasteiger partial charge on any atom is 0.227 e. The maximum absolute atomic E-state index is 11.9. The lowest BCUT2D eigenvalue weighted by molar-refractivity contribution is 0.0779. The van der Waals surface area contributed by atoms with E-state index in [1.54, 1.807) is 18.3 Å². The topological polar surface area (TPSA) is 87.6 Å². The second kappa shape index (κ2) is 9.02. The molecular formula is C23H24N4O3. The number of carbonyl (C=O) groups is 1. The van der Waals surface area contributed by atoms with E-state index in [0.29, 0.717) is 11.5 Å². The number of anilines is 3. The number of nitrogens with one attached hydrogen (secondary N) is 1. The molecule has 1 aliphatic heterocycles. The average molecular weight is 404 g/mol. The van der Waals surface area contributed by atoms with Crippen LogP contribution in [0.3, 0.4) is 0 Å². The average Bonchev–Trinajstić information content (AvgIpc) is 2.80. The van der Waals surface area contributed by atoms with Gasteiger partial charge < -0.3 is 20.1 Å². The van der Waals surface area contributed by atoms with E-state index in [0.717, 1.165) is 43.2 Å². The summed E-state index contributed by atoms with van der Waals surface area (Å²) < 4.78 is 5.40. The van der Waals surface area contributed by atoms with Gasteiger partial charge in [-0.25, -0.2) is 9.97 Å². The van der Waals surface area contributed by atoms with Gasteiger partial charge in [-0.15, -0.1) is 0 Å². The highest BCUT2D eigenvalue weighted by molar-refractivity contribution is 5.99. The first kappa shape index (κ1) is 20.0. The summed E-state index contributed by atoms with van der Waals surface area (Å²) in [4.78, 5) is 23.1. The molecule has 1 fully saturated rings. The normalized spacial score (nSPS) is 14.9. The Bertz CT molecular complexity index is 998. The van der Waals surface area contributed by atoms with Crippen LogP contribution >= 0.6 is 0 Å². The van der Waals surface area contributed by atoms with Crippen LogP contribution in [0.25, 0.3) is 11.3 Å². The summed E-state index contributed by atoms with van der Waals surface area (Å²) in [6, 6.07) is 17.0. The zero-order valence-corrected chi connectivity index (χ0v) is 16.8. The Morgan fingerprint density at radius 3 is 2.43 bits per heavy atom. The molecule has 7 heteroatoms. The van der Waals surface area contributed by atoms with Crippen molar-refractivity contribution < 1.29 is 14.6 Å². The van der Waals surface area contributed by atoms with Crippen LogP contribution in [0.4, 0.5) is 17.3 Å².